The molecule has 6 unspecified atom stereocenters. The van der Waals surface area contributed by atoms with Gasteiger partial charge in [0, 0.05) is 13.0 Å². The second-order valence-electron chi connectivity index (χ2n) is 17.7. The van der Waals surface area contributed by atoms with E-state index in [-0.39, 0.29) is 13.0 Å². The highest BCUT2D eigenvalue weighted by Crippen LogP contribution is 2.47. The monoisotopic (exact) mass is 941 g/mol. The lowest BCUT2D eigenvalue weighted by molar-refractivity contribution is -0.220. The lowest BCUT2D eigenvalue weighted by atomic mass is 9.85. The van der Waals surface area contributed by atoms with Crippen LogP contribution in [-0.2, 0) is 27.9 Å². The van der Waals surface area contributed by atoms with E-state index in [1.165, 1.54) is 77.0 Å². The summed E-state index contributed by atoms with van der Waals surface area (Å²) < 4.78 is 34.3. The third kappa shape index (κ3) is 34.1. The van der Waals surface area contributed by atoms with Crippen molar-refractivity contribution in [2.45, 2.75) is 243 Å². The third-order valence-corrected chi connectivity index (χ3v) is 12.6. The SMILES string of the molecule is CCCCCC/C=C\C/C=C\CCCCCCCCOCC(COP(=O)(O)OC1C(O)C(O)C(O)C(O)C1O)OC(=O)CCCCCCCC/C=C\C/C=C\C/C=C\CCCCCCC. The molecular formula is C52H93O12P. The second-order valence-corrected chi connectivity index (χ2v) is 19.1. The van der Waals surface area contributed by atoms with Gasteiger partial charge in [0.05, 0.1) is 13.2 Å². The Morgan fingerprint density at radius 3 is 1.32 bits per heavy atom. The molecule has 0 amide bonds. The summed E-state index contributed by atoms with van der Waals surface area (Å²) in [6.07, 6.45) is 41.3. The summed E-state index contributed by atoms with van der Waals surface area (Å²) in [5.41, 5.74) is 0. The van der Waals surface area contributed by atoms with E-state index in [1.54, 1.807) is 0 Å². The minimum atomic E-state index is -5.03. The summed E-state index contributed by atoms with van der Waals surface area (Å²) in [4.78, 5) is 23.2. The highest BCUT2D eigenvalue weighted by molar-refractivity contribution is 7.47. The minimum absolute atomic E-state index is 0.0915. The number of carbonyl (C=O) groups is 1. The maximum atomic E-state index is 12.8. The number of unbranched alkanes of at least 4 members (excludes halogenated alkanes) is 21. The van der Waals surface area contributed by atoms with Gasteiger partial charge in [0.15, 0.2) is 0 Å². The first kappa shape index (κ1) is 61.1. The zero-order chi connectivity index (χ0) is 47.6. The standard InChI is InChI=1S/C52H93O12P/c1-3-5-7-9-11-13-15-17-19-21-22-23-24-25-27-29-31-33-35-37-39-41-46(53)63-45(44-62-65(59,60)64-52-50(57)48(55)47(54)49(56)51(52)58)43-61-42-40-38-36-34-32-30-28-26-20-18-16-14-12-10-8-6-4-2/h14-17,20-22,24-26,45,47-52,54-58H,3-13,18-19,23,27-44H2,1-2H3,(H,59,60)/b16-14-,17-15-,22-21-,25-24-,26-20-. The summed E-state index contributed by atoms with van der Waals surface area (Å²) in [6.45, 7) is 4.20. The fourth-order valence-corrected chi connectivity index (χ4v) is 8.48. The first-order valence-corrected chi connectivity index (χ1v) is 27.1. The van der Waals surface area contributed by atoms with Crippen molar-refractivity contribution in [3.63, 3.8) is 0 Å². The van der Waals surface area contributed by atoms with Crippen LogP contribution in [0.4, 0.5) is 0 Å². The normalized spacial score (nSPS) is 22.0. The summed E-state index contributed by atoms with van der Waals surface area (Å²) >= 11 is 0. The number of hydrogen-bond acceptors (Lipinski definition) is 11. The number of aliphatic hydroxyl groups excluding tert-OH is 5. The van der Waals surface area contributed by atoms with Crippen molar-refractivity contribution in [2.24, 2.45) is 0 Å². The third-order valence-electron chi connectivity index (χ3n) is 11.6. The largest absolute Gasteiger partial charge is 0.472 e. The van der Waals surface area contributed by atoms with Crippen molar-refractivity contribution in [1.82, 2.24) is 0 Å². The number of allylic oxidation sites excluding steroid dienone is 10. The lowest BCUT2D eigenvalue weighted by Crippen LogP contribution is -2.64. The molecule has 0 aromatic carbocycles. The molecule has 0 radical (unpaired) electrons. The molecule has 0 bridgehead atoms. The fourth-order valence-electron chi connectivity index (χ4n) is 7.51. The Bertz CT molecular complexity index is 1300. The van der Waals surface area contributed by atoms with E-state index in [1.807, 2.05) is 0 Å². The average molecular weight is 941 g/mol. The van der Waals surface area contributed by atoms with Crippen LogP contribution >= 0.6 is 7.82 Å². The molecule has 0 heterocycles. The number of ether oxygens (including phenoxy) is 2. The van der Waals surface area contributed by atoms with Gasteiger partial charge in [0.1, 0.15) is 42.7 Å². The molecule has 1 aliphatic carbocycles. The Hall–Kier alpha value is -1.96. The Morgan fingerprint density at radius 1 is 0.492 bits per heavy atom. The Balaban J connectivity index is 2.37. The van der Waals surface area contributed by atoms with Crippen molar-refractivity contribution in [3.8, 4) is 0 Å². The molecule has 0 saturated heterocycles. The van der Waals surface area contributed by atoms with Crippen molar-refractivity contribution in [2.75, 3.05) is 19.8 Å². The zero-order valence-electron chi connectivity index (χ0n) is 40.5. The predicted octanol–water partition coefficient (Wildman–Crippen LogP) is 11.4. The van der Waals surface area contributed by atoms with Gasteiger partial charge in [-0.2, -0.15) is 0 Å². The van der Waals surface area contributed by atoms with Crippen molar-refractivity contribution >= 4 is 13.8 Å². The van der Waals surface area contributed by atoms with Gasteiger partial charge >= 0.3 is 13.8 Å². The van der Waals surface area contributed by atoms with E-state index >= 15 is 0 Å². The highest BCUT2D eigenvalue weighted by atomic mass is 31.2. The van der Waals surface area contributed by atoms with E-state index in [4.69, 9.17) is 18.5 Å². The van der Waals surface area contributed by atoms with Crippen LogP contribution in [0.5, 0.6) is 0 Å². The van der Waals surface area contributed by atoms with Gasteiger partial charge in [-0.25, -0.2) is 4.57 Å². The molecule has 13 heteroatoms. The van der Waals surface area contributed by atoms with E-state index in [9.17, 15) is 39.8 Å². The topological polar surface area (TPSA) is 192 Å². The van der Waals surface area contributed by atoms with Crippen LogP contribution in [0, 0.1) is 0 Å². The minimum Gasteiger partial charge on any atom is -0.457 e. The van der Waals surface area contributed by atoms with Crippen molar-refractivity contribution in [3.05, 3.63) is 60.8 Å². The molecule has 0 aromatic heterocycles. The van der Waals surface area contributed by atoms with Gasteiger partial charge in [0.25, 0.3) is 0 Å². The van der Waals surface area contributed by atoms with Crippen LogP contribution in [0.25, 0.3) is 0 Å². The molecule has 6 atom stereocenters. The van der Waals surface area contributed by atoms with Crippen molar-refractivity contribution in [1.29, 1.82) is 0 Å². The molecule has 1 fully saturated rings. The molecular weight excluding hydrogens is 848 g/mol. The summed E-state index contributed by atoms with van der Waals surface area (Å²) in [5.74, 6) is -0.494. The van der Waals surface area contributed by atoms with Crippen LogP contribution in [0.15, 0.2) is 60.8 Å². The quantitative estimate of drug-likeness (QED) is 0.0147. The number of aliphatic hydroxyl groups is 5. The van der Waals surface area contributed by atoms with Gasteiger partial charge in [-0.1, -0.05) is 171 Å². The number of phosphoric acid groups is 1. The van der Waals surface area contributed by atoms with E-state index in [2.05, 4.69) is 74.6 Å². The van der Waals surface area contributed by atoms with Gasteiger partial charge in [-0.05, 0) is 83.5 Å². The highest BCUT2D eigenvalue weighted by Gasteiger charge is 2.51. The molecule has 65 heavy (non-hydrogen) atoms. The second kappa shape index (κ2) is 42.2. The smallest absolute Gasteiger partial charge is 0.457 e. The molecule has 0 aliphatic heterocycles. The van der Waals surface area contributed by atoms with Crippen LogP contribution in [0.1, 0.15) is 200 Å². The molecule has 1 rings (SSSR count). The summed E-state index contributed by atoms with van der Waals surface area (Å²) in [6, 6.07) is 0. The van der Waals surface area contributed by atoms with Gasteiger partial charge in [-0.3, -0.25) is 13.8 Å². The van der Waals surface area contributed by atoms with Gasteiger partial charge < -0.3 is 39.9 Å². The molecule has 378 valence electrons. The number of rotatable bonds is 43. The molecule has 1 saturated carbocycles. The lowest BCUT2D eigenvalue weighted by Gasteiger charge is -2.41. The summed E-state index contributed by atoms with van der Waals surface area (Å²) in [5, 5.41) is 50.3. The summed E-state index contributed by atoms with van der Waals surface area (Å²) in [7, 11) is -5.03. The predicted molar refractivity (Wildman–Crippen MR) is 262 cm³/mol. The molecule has 12 nitrogen and oxygen atoms in total. The average Bonchev–Trinajstić information content (AvgIpc) is 3.29. The van der Waals surface area contributed by atoms with Crippen LogP contribution in [0.3, 0.4) is 0 Å². The van der Waals surface area contributed by atoms with E-state index in [0.717, 1.165) is 96.3 Å². The Morgan fingerprint density at radius 2 is 0.862 bits per heavy atom. The first-order valence-electron chi connectivity index (χ1n) is 25.6. The molecule has 0 aromatic rings. The number of phosphoric ester groups is 1. The fraction of sp³-hybridized carbons (Fsp3) is 0.788. The van der Waals surface area contributed by atoms with Crippen molar-refractivity contribution < 1.29 is 58.3 Å². The number of carbonyl (C=O) groups excluding carboxylic acids is 1. The van der Waals surface area contributed by atoms with Crippen LogP contribution in [0.2, 0.25) is 0 Å². The molecule has 1 aliphatic rings. The zero-order valence-corrected chi connectivity index (χ0v) is 41.4. The maximum absolute atomic E-state index is 12.8. The number of esters is 1. The Labute approximate surface area is 394 Å². The molecule has 6 N–H and O–H groups in total. The Kier molecular flexibility index (Phi) is 39.6. The van der Waals surface area contributed by atoms with Crippen LogP contribution < -0.4 is 0 Å². The van der Waals surface area contributed by atoms with Crippen LogP contribution in [-0.4, -0.2) is 98.9 Å². The number of hydrogen-bond donors (Lipinski definition) is 6. The van der Waals surface area contributed by atoms with Gasteiger partial charge in [0.2, 0.25) is 0 Å². The maximum Gasteiger partial charge on any atom is 0.472 e. The first-order chi connectivity index (χ1) is 31.5. The molecule has 0 spiro atoms. The van der Waals surface area contributed by atoms with E-state index in [0.29, 0.717) is 13.0 Å². The van der Waals surface area contributed by atoms with E-state index < -0.39 is 63.1 Å². The van der Waals surface area contributed by atoms with Gasteiger partial charge in [-0.15, -0.1) is 0 Å².